The zero-order chi connectivity index (χ0) is 21.8. The average molecular weight is 434 g/mol. The summed E-state index contributed by atoms with van der Waals surface area (Å²) in [5, 5.41) is 6.60. The molecule has 0 aromatic heterocycles. The van der Waals surface area contributed by atoms with Crippen LogP contribution in [0, 0.1) is 0 Å². The highest BCUT2D eigenvalue weighted by Crippen LogP contribution is 2.59. The minimum absolute atomic E-state index is 0.902. The molecule has 0 heterocycles. The van der Waals surface area contributed by atoms with Crippen molar-refractivity contribution in [2.24, 2.45) is 0 Å². The SMILES string of the molecule is COc1cc2ccccc2cc1C[P+](c1ccccc1)(c1ccccc1)c1ccccc1. The second-order valence-corrected chi connectivity index (χ2v) is 11.5. The summed E-state index contributed by atoms with van der Waals surface area (Å²) in [4.78, 5) is 0. The number of ether oxygens (including phenoxy) is 1. The highest BCUT2D eigenvalue weighted by molar-refractivity contribution is 7.95. The lowest BCUT2D eigenvalue weighted by atomic mass is 10.1. The van der Waals surface area contributed by atoms with Crippen LogP contribution in [-0.2, 0) is 6.16 Å². The number of methoxy groups -OCH3 is 1. The molecule has 0 fully saturated rings. The minimum Gasteiger partial charge on any atom is -0.496 e. The molecule has 0 bridgehead atoms. The van der Waals surface area contributed by atoms with Crippen molar-refractivity contribution in [3.63, 3.8) is 0 Å². The second-order valence-electron chi connectivity index (χ2n) is 7.99. The molecule has 0 unspecified atom stereocenters. The van der Waals surface area contributed by atoms with Gasteiger partial charge in [-0.3, -0.25) is 0 Å². The van der Waals surface area contributed by atoms with Crippen LogP contribution in [0.2, 0.25) is 0 Å². The molecule has 0 atom stereocenters. The molecule has 156 valence electrons. The van der Waals surface area contributed by atoms with E-state index in [4.69, 9.17) is 4.74 Å². The molecule has 2 heteroatoms. The zero-order valence-electron chi connectivity index (χ0n) is 18.2. The maximum absolute atomic E-state index is 5.92. The monoisotopic (exact) mass is 433 g/mol. The Bertz CT molecular complexity index is 1220. The number of rotatable bonds is 6. The van der Waals surface area contributed by atoms with E-state index in [0.717, 1.165) is 11.9 Å². The summed E-state index contributed by atoms with van der Waals surface area (Å²) in [7, 11) is -0.194. The lowest BCUT2D eigenvalue weighted by Crippen LogP contribution is -2.32. The lowest BCUT2D eigenvalue weighted by molar-refractivity contribution is 0.412. The summed E-state index contributed by atoms with van der Waals surface area (Å²) in [5.41, 5.74) is 1.25. The molecule has 0 aliphatic carbocycles. The zero-order valence-corrected chi connectivity index (χ0v) is 19.1. The summed E-state index contributed by atoms with van der Waals surface area (Å²) in [6.07, 6.45) is 0.902. The van der Waals surface area contributed by atoms with Gasteiger partial charge in [-0.05, 0) is 59.3 Å². The van der Waals surface area contributed by atoms with Crippen LogP contribution in [0.1, 0.15) is 5.56 Å². The predicted molar refractivity (Wildman–Crippen MR) is 139 cm³/mol. The fourth-order valence-electron chi connectivity index (χ4n) is 4.60. The first-order chi connectivity index (χ1) is 15.8. The van der Waals surface area contributed by atoms with Gasteiger partial charge in [0.15, 0.2) is 0 Å². The molecular weight excluding hydrogens is 407 g/mol. The minimum atomic E-state index is -1.97. The van der Waals surface area contributed by atoms with Crippen LogP contribution in [0.3, 0.4) is 0 Å². The van der Waals surface area contributed by atoms with Crippen molar-refractivity contribution in [1.82, 2.24) is 0 Å². The molecule has 0 saturated carbocycles. The van der Waals surface area contributed by atoms with Crippen molar-refractivity contribution in [1.29, 1.82) is 0 Å². The van der Waals surface area contributed by atoms with E-state index < -0.39 is 7.26 Å². The Kier molecular flexibility index (Phi) is 5.75. The largest absolute Gasteiger partial charge is 0.496 e. The number of fused-ring (bicyclic) bond motifs is 1. The van der Waals surface area contributed by atoms with Crippen LogP contribution >= 0.6 is 7.26 Å². The molecule has 5 rings (SSSR count). The Morgan fingerprint density at radius 3 is 1.38 bits per heavy atom. The standard InChI is InChI=1S/C30H26OP/c1-31-30-22-25-14-12-11-13-24(25)21-26(30)23-32(27-15-5-2-6-16-27,28-17-7-3-8-18-28)29-19-9-4-10-20-29/h2-22H,23H2,1H3/q+1. The van der Waals surface area contributed by atoms with Gasteiger partial charge in [-0.1, -0.05) is 78.9 Å². The van der Waals surface area contributed by atoms with Gasteiger partial charge in [-0.25, -0.2) is 0 Å². The quantitative estimate of drug-likeness (QED) is 0.284. The van der Waals surface area contributed by atoms with Crippen molar-refractivity contribution in [2.75, 3.05) is 7.11 Å². The molecule has 5 aromatic rings. The van der Waals surface area contributed by atoms with Crippen LogP contribution < -0.4 is 20.7 Å². The van der Waals surface area contributed by atoms with Gasteiger partial charge >= 0.3 is 0 Å². The average Bonchev–Trinajstić information content (AvgIpc) is 2.88. The molecule has 1 nitrogen and oxygen atoms in total. The molecule has 5 aromatic carbocycles. The Balaban J connectivity index is 1.80. The highest BCUT2D eigenvalue weighted by Gasteiger charge is 2.46. The van der Waals surface area contributed by atoms with E-state index in [1.165, 1.54) is 32.2 Å². The van der Waals surface area contributed by atoms with Crippen molar-refractivity contribution < 1.29 is 4.74 Å². The summed E-state index contributed by atoms with van der Waals surface area (Å²) >= 11 is 0. The van der Waals surface area contributed by atoms with Crippen LogP contribution in [0.15, 0.2) is 127 Å². The Morgan fingerprint density at radius 1 is 0.531 bits per heavy atom. The van der Waals surface area contributed by atoms with E-state index in [9.17, 15) is 0 Å². The van der Waals surface area contributed by atoms with Gasteiger partial charge in [-0.15, -0.1) is 0 Å². The molecule has 0 aliphatic heterocycles. The first-order valence-electron chi connectivity index (χ1n) is 10.9. The maximum Gasteiger partial charge on any atom is 0.126 e. The fraction of sp³-hybridized carbons (Fsp3) is 0.0667. The van der Waals surface area contributed by atoms with Gasteiger partial charge < -0.3 is 4.74 Å². The Labute approximate surface area is 190 Å². The number of hydrogen-bond acceptors (Lipinski definition) is 1. The first kappa shape index (κ1) is 20.5. The molecule has 32 heavy (non-hydrogen) atoms. The number of hydrogen-bond donors (Lipinski definition) is 0. The second kappa shape index (κ2) is 8.99. The highest BCUT2D eigenvalue weighted by atomic mass is 31.2. The van der Waals surface area contributed by atoms with Gasteiger partial charge in [0, 0.05) is 5.56 Å². The van der Waals surface area contributed by atoms with E-state index in [2.05, 4.69) is 127 Å². The van der Waals surface area contributed by atoms with Crippen LogP contribution in [-0.4, -0.2) is 7.11 Å². The van der Waals surface area contributed by atoms with Gasteiger partial charge in [0.1, 0.15) is 35.1 Å². The first-order valence-corrected chi connectivity index (χ1v) is 12.9. The molecule has 0 amide bonds. The van der Waals surface area contributed by atoms with Crippen molar-refractivity contribution in [3.05, 3.63) is 133 Å². The van der Waals surface area contributed by atoms with Crippen LogP contribution in [0.25, 0.3) is 10.8 Å². The van der Waals surface area contributed by atoms with E-state index in [1.807, 2.05) is 0 Å². The van der Waals surface area contributed by atoms with Gasteiger partial charge in [0.05, 0.1) is 7.11 Å². The summed E-state index contributed by atoms with van der Waals surface area (Å²) in [5.74, 6) is 0.955. The summed E-state index contributed by atoms with van der Waals surface area (Å²) < 4.78 is 5.92. The molecule has 0 aliphatic rings. The van der Waals surface area contributed by atoms with Gasteiger partial charge in [0.2, 0.25) is 0 Å². The molecule has 0 saturated heterocycles. The Morgan fingerprint density at radius 2 is 0.938 bits per heavy atom. The maximum atomic E-state index is 5.92. The predicted octanol–water partition coefficient (Wildman–Crippen LogP) is 6.34. The van der Waals surface area contributed by atoms with Crippen molar-refractivity contribution in [2.45, 2.75) is 6.16 Å². The third-order valence-electron chi connectivity index (χ3n) is 6.15. The third-order valence-corrected chi connectivity index (χ3v) is 10.5. The molecule has 0 N–H and O–H groups in total. The van der Waals surface area contributed by atoms with E-state index in [1.54, 1.807) is 7.11 Å². The smallest absolute Gasteiger partial charge is 0.126 e. The van der Waals surface area contributed by atoms with Gasteiger partial charge in [0.25, 0.3) is 0 Å². The van der Waals surface area contributed by atoms with Crippen molar-refractivity contribution >= 4 is 33.9 Å². The molecule has 0 spiro atoms. The third kappa shape index (κ3) is 3.70. The lowest BCUT2D eigenvalue weighted by Gasteiger charge is -2.28. The van der Waals surface area contributed by atoms with Gasteiger partial charge in [-0.2, -0.15) is 0 Å². The molecular formula is C30H26OP+. The summed E-state index contributed by atoms with van der Waals surface area (Å²) in [6.45, 7) is 0. The molecule has 0 radical (unpaired) electrons. The normalized spacial score (nSPS) is 11.4. The van der Waals surface area contributed by atoms with Crippen LogP contribution in [0.4, 0.5) is 0 Å². The van der Waals surface area contributed by atoms with E-state index in [-0.39, 0.29) is 0 Å². The Hall–Kier alpha value is -3.41. The summed E-state index contributed by atoms with van der Waals surface area (Å²) in [6, 6.07) is 46.0. The number of benzene rings is 5. The van der Waals surface area contributed by atoms with E-state index >= 15 is 0 Å². The van der Waals surface area contributed by atoms with E-state index in [0.29, 0.717) is 0 Å². The fourth-order valence-corrected chi connectivity index (χ4v) is 8.85. The van der Waals surface area contributed by atoms with Crippen LogP contribution in [0.5, 0.6) is 5.75 Å². The van der Waals surface area contributed by atoms with Crippen molar-refractivity contribution in [3.8, 4) is 5.75 Å². The topological polar surface area (TPSA) is 9.23 Å².